The number of likely N-dealkylation sites (tertiary alicyclic amines) is 1. The van der Waals surface area contributed by atoms with Gasteiger partial charge < -0.3 is 24.3 Å². The zero-order chi connectivity index (χ0) is 21.8. The molecule has 4 rings (SSSR count). The lowest BCUT2D eigenvalue weighted by molar-refractivity contribution is 0.109. The van der Waals surface area contributed by atoms with Crippen LogP contribution in [0.1, 0.15) is 49.5 Å². The number of ether oxygens (including phenoxy) is 2. The predicted molar refractivity (Wildman–Crippen MR) is 116 cm³/mol. The number of benzene rings is 2. The molecule has 2 aliphatic heterocycles. The highest BCUT2D eigenvalue weighted by Gasteiger charge is 2.33. The number of halogens is 1. The first-order valence-corrected chi connectivity index (χ1v) is 11.0. The zero-order valence-corrected chi connectivity index (χ0v) is 18.1. The van der Waals surface area contributed by atoms with E-state index in [0.29, 0.717) is 29.8 Å². The summed E-state index contributed by atoms with van der Waals surface area (Å²) in [5.74, 6) is 2.17. The van der Waals surface area contributed by atoms with E-state index in [4.69, 9.17) is 14.3 Å². The van der Waals surface area contributed by atoms with Gasteiger partial charge in [0.2, 0.25) is 0 Å². The van der Waals surface area contributed by atoms with Gasteiger partial charge in [0.05, 0.1) is 25.9 Å². The minimum Gasteiger partial charge on any atom is -0.493 e. The molecule has 1 saturated heterocycles. The summed E-state index contributed by atoms with van der Waals surface area (Å²) < 4.78 is 24.7. The van der Waals surface area contributed by atoms with Crippen LogP contribution in [0.4, 0.5) is 4.39 Å². The average molecular weight is 431 g/mol. The maximum atomic E-state index is 13.4. The molecule has 0 radical (unpaired) electrons. The summed E-state index contributed by atoms with van der Waals surface area (Å²) >= 11 is 0. The third kappa shape index (κ3) is 5.11. The topological polar surface area (TPSA) is 63.2 Å². The van der Waals surface area contributed by atoms with Crippen LogP contribution in [0, 0.1) is 11.7 Å². The van der Waals surface area contributed by atoms with Crippen LogP contribution in [-0.4, -0.2) is 43.4 Å². The monoisotopic (exact) mass is 430 g/mol. The Kier molecular flexibility index (Phi) is 6.95. The highest BCUT2D eigenvalue weighted by atomic mass is 19.1. The number of methoxy groups -OCH3 is 1. The highest BCUT2D eigenvalue weighted by molar-refractivity contribution is 5.43. The summed E-state index contributed by atoms with van der Waals surface area (Å²) in [6, 6.07) is 10.5. The summed E-state index contributed by atoms with van der Waals surface area (Å²) in [4.78, 5) is 7.96. The minimum atomic E-state index is -0.536. The van der Waals surface area contributed by atoms with Crippen molar-refractivity contribution >= 4 is 0 Å². The van der Waals surface area contributed by atoms with Gasteiger partial charge in [-0.25, -0.2) is 4.39 Å². The Morgan fingerprint density at radius 2 is 2.00 bits per heavy atom. The molecular weight excluding hydrogens is 399 g/mol. The second kappa shape index (κ2) is 9.85. The van der Waals surface area contributed by atoms with Gasteiger partial charge >= 0.3 is 0 Å². The fourth-order valence-corrected chi connectivity index (χ4v) is 4.44. The fourth-order valence-electron chi connectivity index (χ4n) is 4.44. The Bertz CT molecular complexity index is 884. The number of nitrogens with one attached hydrogen (secondary N) is 1. The summed E-state index contributed by atoms with van der Waals surface area (Å²) in [7, 11) is 1.61. The molecule has 168 valence electrons. The summed E-state index contributed by atoms with van der Waals surface area (Å²) in [5.41, 5.74) is 4.96. The second-order valence-corrected chi connectivity index (χ2v) is 8.35. The van der Waals surface area contributed by atoms with E-state index in [-0.39, 0.29) is 11.9 Å². The maximum absolute atomic E-state index is 13.4. The van der Waals surface area contributed by atoms with Gasteiger partial charge in [-0.05, 0) is 69.0 Å². The number of aliphatic hydroxyl groups is 1. The number of hydroxylamine groups is 1. The van der Waals surface area contributed by atoms with E-state index >= 15 is 0 Å². The van der Waals surface area contributed by atoms with Crippen molar-refractivity contribution in [3.63, 3.8) is 0 Å². The van der Waals surface area contributed by atoms with Crippen LogP contribution in [-0.2, 0) is 0 Å². The minimum absolute atomic E-state index is 0.137. The molecule has 31 heavy (non-hydrogen) atoms. The quantitative estimate of drug-likeness (QED) is 0.617. The Morgan fingerprint density at radius 3 is 2.74 bits per heavy atom. The Morgan fingerprint density at radius 1 is 1.19 bits per heavy atom. The number of hydrogen-bond acceptors (Lipinski definition) is 6. The second-order valence-electron chi connectivity index (χ2n) is 8.35. The van der Waals surface area contributed by atoms with Gasteiger partial charge in [-0.1, -0.05) is 12.1 Å². The molecule has 6 nitrogen and oxygen atoms in total. The van der Waals surface area contributed by atoms with Gasteiger partial charge in [-0.15, -0.1) is 5.48 Å². The van der Waals surface area contributed by atoms with Crippen LogP contribution in [0.5, 0.6) is 17.2 Å². The number of aliphatic hydroxyl groups excluding tert-OH is 1. The van der Waals surface area contributed by atoms with Crippen LogP contribution < -0.4 is 19.8 Å². The summed E-state index contributed by atoms with van der Waals surface area (Å²) in [6.07, 6.45) is 2.55. The fraction of sp³-hybridized carbons (Fsp3) is 0.500. The molecule has 2 aromatic rings. The van der Waals surface area contributed by atoms with Gasteiger partial charge in [-0.3, -0.25) is 0 Å². The molecule has 0 saturated carbocycles. The zero-order valence-electron chi connectivity index (χ0n) is 18.1. The van der Waals surface area contributed by atoms with Crippen LogP contribution >= 0.6 is 0 Å². The van der Waals surface area contributed by atoms with Gasteiger partial charge in [0, 0.05) is 18.2 Å². The van der Waals surface area contributed by atoms with Crippen LogP contribution in [0.15, 0.2) is 36.4 Å². The number of piperidine rings is 1. The number of fused-ring (bicyclic) bond motifs is 1. The van der Waals surface area contributed by atoms with Crippen molar-refractivity contribution < 1.29 is 23.8 Å². The Labute approximate surface area is 182 Å². The first-order valence-electron chi connectivity index (χ1n) is 11.0. The first kappa shape index (κ1) is 21.9. The number of hydrogen-bond donors (Lipinski definition) is 2. The van der Waals surface area contributed by atoms with Crippen LogP contribution in [0.3, 0.4) is 0 Å². The van der Waals surface area contributed by atoms with Gasteiger partial charge in [-0.2, -0.15) is 0 Å². The van der Waals surface area contributed by atoms with Gasteiger partial charge in [0.1, 0.15) is 5.82 Å². The van der Waals surface area contributed by atoms with E-state index < -0.39 is 6.10 Å². The molecule has 0 unspecified atom stereocenters. The Hall–Kier alpha value is -2.35. The standard InChI is InChI=1S/C24H31FN2O4/c1-16(28)18-4-7-21(23(14-18)29-2)30-13-3-10-27-11-8-17(9-12-27)24-20-6-5-19(25)15-22(20)31-26-24/h4-7,14-17,24,26,28H,3,8-13H2,1-2H3/t16-,24+/m0/s1. The van der Waals surface area contributed by atoms with Crippen molar-refractivity contribution in [2.24, 2.45) is 5.92 Å². The van der Waals surface area contributed by atoms with E-state index in [1.54, 1.807) is 14.0 Å². The largest absolute Gasteiger partial charge is 0.493 e. The SMILES string of the molecule is COc1cc([C@H](C)O)ccc1OCCCN1CCC([C@H]2NOc3cc(F)ccc32)CC1. The van der Waals surface area contributed by atoms with E-state index in [2.05, 4.69) is 10.4 Å². The predicted octanol–water partition coefficient (Wildman–Crippen LogP) is 4.01. The van der Waals surface area contributed by atoms with Crippen molar-refractivity contribution in [3.05, 3.63) is 53.3 Å². The molecule has 2 aliphatic rings. The van der Waals surface area contributed by atoms with E-state index in [1.165, 1.54) is 12.1 Å². The smallest absolute Gasteiger partial charge is 0.161 e. The molecule has 2 N–H and O–H groups in total. The number of nitrogens with zero attached hydrogens (tertiary/aromatic N) is 1. The van der Waals surface area contributed by atoms with Crippen molar-refractivity contribution in [2.45, 2.75) is 38.3 Å². The third-order valence-electron chi connectivity index (χ3n) is 6.26. The summed E-state index contributed by atoms with van der Waals surface area (Å²) in [6.45, 7) is 5.39. The van der Waals surface area contributed by atoms with E-state index in [9.17, 15) is 9.50 Å². The van der Waals surface area contributed by atoms with Crippen molar-refractivity contribution in [3.8, 4) is 17.2 Å². The highest BCUT2D eigenvalue weighted by Crippen LogP contribution is 2.39. The van der Waals surface area contributed by atoms with E-state index in [0.717, 1.165) is 50.0 Å². The maximum Gasteiger partial charge on any atom is 0.161 e. The van der Waals surface area contributed by atoms with Gasteiger partial charge in [0.25, 0.3) is 0 Å². The third-order valence-corrected chi connectivity index (χ3v) is 6.26. The van der Waals surface area contributed by atoms with Crippen LogP contribution in [0.2, 0.25) is 0 Å². The Balaban J connectivity index is 1.20. The molecule has 0 amide bonds. The molecule has 2 atom stereocenters. The molecule has 7 heteroatoms. The average Bonchev–Trinajstić information content (AvgIpc) is 3.20. The first-order chi connectivity index (χ1) is 15.0. The van der Waals surface area contributed by atoms with Crippen molar-refractivity contribution in [2.75, 3.05) is 33.4 Å². The molecule has 2 heterocycles. The lowest BCUT2D eigenvalue weighted by Gasteiger charge is -2.34. The summed E-state index contributed by atoms with van der Waals surface area (Å²) in [5, 5.41) is 9.71. The normalized spacial score (nSPS) is 20.2. The number of rotatable bonds is 8. The van der Waals surface area contributed by atoms with Gasteiger partial charge in [0.15, 0.2) is 17.2 Å². The van der Waals surface area contributed by atoms with Crippen molar-refractivity contribution in [1.82, 2.24) is 10.4 Å². The molecule has 2 aromatic carbocycles. The van der Waals surface area contributed by atoms with Crippen LogP contribution in [0.25, 0.3) is 0 Å². The van der Waals surface area contributed by atoms with Crippen molar-refractivity contribution in [1.29, 1.82) is 0 Å². The lowest BCUT2D eigenvalue weighted by Crippen LogP contribution is -2.38. The molecule has 0 spiro atoms. The van der Waals surface area contributed by atoms with E-state index in [1.807, 2.05) is 24.3 Å². The molecule has 0 aliphatic carbocycles. The molecule has 0 bridgehead atoms. The molecule has 0 aromatic heterocycles. The lowest BCUT2D eigenvalue weighted by atomic mass is 9.86. The molecule has 1 fully saturated rings. The molecular formula is C24H31FN2O4.